The molecule has 0 unspecified atom stereocenters. The molecule has 2 aliphatic heterocycles. The van der Waals surface area contributed by atoms with E-state index in [2.05, 4.69) is 24.8 Å². The molecule has 3 heterocycles. The van der Waals surface area contributed by atoms with Gasteiger partial charge in [0.05, 0.1) is 4.91 Å². The van der Waals surface area contributed by atoms with Crippen LogP contribution in [-0.2, 0) is 11.3 Å². The molecule has 0 aromatic carbocycles. The molecule has 2 saturated heterocycles. The second kappa shape index (κ2) is 15.6. The molecule has 2 fully saturated rings. The van der Waals surface area contributed by atoms with Crippen LogP contribution in [0.1, 0.15) is 115 Å². The average molecular weight is 571 g/mol. The fourth-order valence-corrected chi connectivity index (χ4v) is 6.87. The topological polar surface area (TPSA) is 69.3 Å². The third-order valence-electron chi connectivity index (χ3n) is 8.13. The standard InChI is InChI=1S/C31H46N4O2S2/c1-5-7-8-9-10-11-12-13-14-15-18-35-30(37)27(39-31(35)38)21-25-24(4)26(22-32)29(36)34(6-2)28(25)33-19-16-23(3)17-20-33/h21,23H,5-20H2,1-4H3. The number of nitrogens with zero attached hydrogens (tertiary/aromatic N) is 4. The molecule has 1 aromatic heterocycles. The van der Waals surface area contributed by atoms with Crippen LogP contribution in [0.4, 0.5) is 5.82 Å². The van der Waals surface area contributed by atoms with Gasteiger partial charge < -0.3 is 4.90 Å². The number of thioether (sulfide) groups is 1. The molecule has 0 spiro atoms. The SMILES string of the molecule is CCCCCCCCCCCCN1C(=O)C(=Cc2c(C)c(C#N)c(=O)n(CC)c2N2CCC(C)CC2)SC1=S. The lowest BCUT2D eigenvalue weighted by Crippen LogP contribution is -2.39. The third-order valence-corrected chi connectivity index (χ3v) is 9.51. The van der Waals surface area contributed by atoms with Crippen molar-refractivity contribution in [1.29, 1.82) is 5.26 Å². The first kappa shape index (κ1) is 31.4. The Kier molecular flexibility index (Phi) is 12.6. The van der Waals surface area contributed by atoms with Crippen molar-refractivity contribution < 1.29 is 4.79 Å². The summed E-state index contributed by atoms with van der Waals surface area (Å²) in [6, 6.07) is 2.12. The summed E-state index contributed by atoms with van der Waals surface area (Å²) in [5, 5.41) is 9.80. The predicted octanol–water partition coefficient (Wildman–Crippen LogP) is 7.41. The van der Waals surface area contributed by atoms with E-state index in [4.69, 9.17) is 12.2 Å². The molecule has 6 nitrogen and oxygen atoms in total. The predicted molar refractivity (Wildman–Crippen MR) is 168 cm³/mol. The number of hydrogen-bond acceptors (Lipinski definition) is 6. The van der Waals surface area contributed by atoms with Crippen LogP contribution in [-0.4, -0.2) is 39.3 Å². The molecule has 2 aliphatic rings. The van der Waals surface area contributed by atoms with Crippen LogP contribution in [0.25, 0.3) is 6.08 Å². The van der Waals surface area contributed by atoms with Gasteiger partial charge in [0.1, 0.15) is 21.8 Å². The van der Waals surface area contributed by atoms with E-state index in [9.17, 15) is 14.9 Å². The molecule has 1 amide bonds. The van der Waals surface area contributed by atoms with Crippen LogP contribution in [0.3, 0.4) is 0 Å². The number of pyridine rings is 1. The average Bonchev–Trinajstić information content (AvgIpc) is 3.19. The molecule has 39 heavy (non-hydrogen) atoms. The number of amides is 1. The monoisotopic (exact) mass is 570 g/mol. The second-order valence-corrected chi connectivity index (χ2v) is 12.8. The summed E-state index contributed by atoms with van der Waals surface area (Å²) in [7, 11) is 0. The highest BCUT2D eigenvalue weighted by atomic mass is 32.2. The summed E-state index contributed by atoms with van der Waals surface area (Å²) in [6.07, 6.45) is 16.5. The van der Waals surface area contributed by atoms with Gasteiger partial charge in [-0.15, -0.1) is 0 Å². The van der Waals surface area contributed by atoms with Gasteiger partial charge in [-0.1, -0.05) is 95.6 Å². The number of anilines is 1. The lowest BCUT2D eigenvalue weighted by molar-refractivity contribution is -0.122. The van der Waals surface area contributed by atoms with Gasteiger partial charge >= 0.3 is 0 Å². The van der Waals surface area contributed by atoms with Gasteiger partial charge in [0.25, 0.3) is 11.5 Å². The van der Waals surface area contributed by atoms with Crippen molar-refractivity contribution >= 4 is 46.1 Å². The minimum Gasteiger partial charge on any atom is -0.357 e. The smallest absolute Gasteiger partial charge is 0.270 e. The fourth-order valence-electron chi connectivity index (χ4n) is 5.58. The van der Waals surface area contributed by atoms with Gasteiger partial charge in [-0.2, -0.15) is 5.26 Å². The number of rotatable bonds is 14. The van der Waals surface area contributed by atoms with Crippen molar-refractivity contribution in [2.24, 2.45) is 5.92 Å². The number of piperidine rings is 1. The number of unbranched alkanes of at least 4 members (excludes halogenated alkanes) is 9. The van der Waals surface area contributed by atoms with Crippen LogP contribution < -0.4 is 10.5 Å². The quantitative estimate of drug-likeness (QED) is 0.132. The summed E-state index contributed by atoms with van der Waals surface area (Å²) in [5.74, 6) is 1.41. The summed E-state index contributed by atoms with van der Waals surface area (Å²) < 4.78 is 2.30. The molecule has 8 heteroatoms. The second-order valence-electron chi connectivity index (χ2n) is 11.1. The van der Waals surface area contributed by atoms with Crippen molar-refractivity contribution in [1.82, 2.24) is 9.47 Å². The Balaban J connectivity index is 1.73. The minimum absolute atomic E-state index is 0.0636. The van der Waals surface area contributed by atoms with Gasteiger partial charge in [-0.05, 0) is 50.7 Å². The molecule has 0 aliphatic carbocycles. The van der Waals surface area contributed by atoms with Gasteiger partial charge in [0.2, 0.25) is 0 Å². The van der Waals surface area contributed by atoms with Crippen molar-refractivity contribution in [3.8, 4) is 6.07 Å². The van der Waals surface area contributed by atoms with Crippen molar-refractivity contribution in [2.45, 2.75) is 111 Å². The van der Waals surface area contributed by atoms with Gasteiger partial charge in [0.15, 0.2) is 0 Å². The van der Waals surface area contributed by atoms with Crippen molar-refractivity contribution in [3.63, 3.8) is 0 Å². The summed E-state index contributed by atoms with van der Waals surface area (Å²) in [6.45, 7) is 11.1. The fraction of sp³-hybridized carbons (Fsp3) is 0.677. The molecular weight excluding hydrogens is 525 g/mol. The molecule has 0 bridgehead atoms. The summed E-state index contributed by atoms with van der Waals surface area (Å²) >= 11 is 6.95. The van der Waals surface area contributed by atoms with E-state index in [0.717, 1.165) is 50.2 Å². The maximum atomic E-state index is 13.4. The molecule has 3 rings (SSSR count). The molecule has 0 saturated carbocycles. The Bertz CT molecular complexity index is 1140. The largest absolute Gasteiger partial charge is 0.357 e. The van der Waals surface area contributed by atoms with Crippen molar-refractivity contribution in [3.05, 3.63) is 31.9 Å². The number of nitriles is 1. The zero-order valence-corrected chi connectivity index (χ0v) is 26.0. The molecule has 0 radical (unpaired) electrons. The van der Waals surface area contributed by atoms with Crippen molar-refractivity contribution in [2.75, 3.05) is 24.5 Å². The van der Waals surface area contributed by atoms with E-state index >= 15 is 0 Å². The minimum atomic E-state index is -0.253. The Morgan fingerprint density at radius 3 is 2.15 bits per heavy atom. The van der Waals surface area contributed by atoms with E-state index in [1.54, 1.807) is 9.47 Å². The Hall–Kier alpha value is -2.11. The third kappa shape index (κ3) is 7.98. The first-order chi connectivity index (χ1) is 18.8. The molecular formula is C31H46N4O2S2. The Labute approximate surface area is 244 Å². The van der Waals surface area contributed by atoms with E-state index in [0.29, 0.717) is 33.8 Å². The Morgan fingerprint density at radius 1 is 1.00 bits per heavy atom. The Morgan fingerprint density at radius 2 is 1.59 bits per heavy atom. The first-order valence-corrected chi connectivity index (χ1v) is 16.2. The normalized spacial score (nSPS) is 17.5. The maximum absolute atomic E-state index is 13.4. The van der Waals surface area contributed by atoms with E-state index in [1.165, 1.54) is 63.1 Å². The highest BCUT2D eigenvalue weighted by Gasteiger charge is 2.33. The van der Waals surface area contributed by atoms with Gasteiger partial charge in [-0.3, -0.25) is 19.1 Å². The lowest BCUT2D eigenvalue weighted by Gasteiger charge is -2.35. The maximum Gasteiger partial charge on any atom is 0.270 e. The van der Waals surface area contributed by atoms with Crippen LogP contribution in [0.2, 0.25) is 0 Å². The highest BCUT2D eigenvalue weighted by Crippen LogP contribution is 2.37. The number of aromatic nitrogens is 1. The van der Waals surface area contributed by atoms with Crippen LogP contribution in [0.15, 0.2) is 9.70 Å². The highest BCUT2D eigenvalue weighted by molar-refractivity contribution is 8.26. The lowest BCUT2D eigenvalue weighted by atomic mass is 9.97. The number of carbonyl (C=O) groups is 1. The number of hydrogen-bond donors (Lipinski definition) is 0. The molecule has 0 atom stereocenters. The van der Waals surface area contributed by atoms with Crippen LogP contribution in [0.5, 0.6) is 0 Å². The van der Waals surface area contributed by atoms with Gasteiger partial charge in [0, 0.05) is 31.7 Å². The first-order valence-electron chi connectivity index (χ1n) is 15.0. The van der Waals surface area contributed by atoms with E-state index in [1.807, 2.05) is 19.9 Å². The number of carbonyl (C=O) groups excluding carboxylic acids is 1. The number of thiocarbonyl (C=S) groups is 1. The van der Waals surface area contributed by atoms with E-state index < -0.39 is 0 Å². The van der Waals surface area contributed by atoms with Crippen LogP contribution >= 0.6 is 24.0 Å². The van der Waals surface area contributed by atoms with E-state index in [-0.39, 0.29) is 17.0 Å². The van der Waals surface area contributed by atoms with Crippen LogP contribution in [0, 0.1) is 24.2 Å². The molecule has 214 valence electrons. The zero-order valence-electron chi connectivity index (χ0n) is 24.4. The molecule has 1 aromatic rings. The molecule has 0 N–H and O–H groups in total. The summed E-state index contributed by atoms with van der Waals surface area (Å²) in [5.41, 5.74) is 1.33. The van der Waals surface area contributed by atoms with Gasteiger partial charge in [-0.25, -0.2) is 0 Å². The summed E-state index contributed by atoms with van der Waals surface area (Å²) in [4.78, 5) is 31.2. The zero-order chi connectivity index (χ0) is 28.4.